The Kier molecular flexibility index (Phi) is 5.23. The molecule has 1 atom stereocenters. The first-order valence-corrected chi connectivity index (χ1v) is 7.41. The zero-order chi connectivity index (χ0) is 13.7. The SMILES string of the molecule is CCc1ccc(N2CCCNC(CN(C)C)C2)cc1. The van der Waals surface area contributed by atoms with Crippen molar-refractivity contribution in [1.82, 2.24) is 10.2 Å². The molecule has 0 saturated carbocycles. The second-order valence-electron chi connectivity index (χ2n) is 5.73. The van der Waals surface area contributed by atoms with Crippen LogP contribution in [-0.2, 0) is 6.42 Å². The number of hydrogen-bond donors (Lipinski definition) is 1. The lowest BCUT2D eigenvalue weighted by atomic mass is 10.1. The molecule has 19 heavy (non-hydrogen) atoms. The Morgan fingerprint density at radius 1 is 1.26 bits per heavy atom. The molecule has 1 aromatic carbocycles. The molecule has 106 valence electrons. The molecule has 1 heterocycles. The van der Waals surface area contributed by atoms with Crippen LogP contribution in [0.5, 0.6) is 0 Å². The Morgan fingerprint density at radius 3 is 2.63 bits per heavy atom. The van der Waals surface area contributed by atoms with E-state index in [0.717, 1.165) is 32.6 Å². The molecule has 2 rings (SSSR count). The van der Waals surface area contributed by atoms with E-state index in [4.69, 9.17) is 0 Å². The summed E-state index contributed by atoms with van der Waals surface area (Å²) in [7, 11) is 4.29. The van der Waals surface area contributed by atoms with Crippen LogP contribution in [0.15, 0.2) is 24.3 Å². The molecule has 0 aromatic heterocycles. The minimum Gasteiger partial charge on any atom is -0.370 e. The molecule has 0 bridgehead atoms. The number of benzene rings is 1. The van der Waals surface area contributed by atoms with Crippen molar-refractivity contribution in [2.75, 3.05) is 45.2 Å². The molecular weight excluding hydrogens is 234 g/mol. The standard InChI is InChI=1S/C16H27N3/c1-4-14-6-8-16(9-7-14)19-11-5-10-17-15(13-19)12-18(2)3/h6-9,15,17H,4-5,10-13H2,1-3H3. The van der Waals surface area contributed by atoms with E-state index in [2.05, 4.69) is 60.4 Å². The third kappa shape index (κ3) is 4.22. The molecule has 1 aliphatic heterocycles. The summed E-state index contributed by atoms with van der Waals surface area (Å²) in [6.07, 6.45) is 2.34. The van der Waals surface area contributed by atoms with Gasteiger partial charge in [-0.15, -0.1) is 0 Å². The predicted molar refractivity (Wildman–Crippen MR) is 83.0 cm³/mol. The fourth-order valence-corrected chi connectivity index (χ4v) is 2.74. The van der Waals surface area contributed by atoms with Gasteiger partial charge < -0.3 is 15.1 Å². The van der Waals surface area contributed by atoms with Crippen molar-refractivity contribution in [2.24, 2.45) is 0 Å². The lowest BCUT2D eigenvalue weighted by Crippen LogP contribution is -2.44. The summed E-state index contributed by atoms with van der Waals surface area (Å²) in [4.78, 5) is 4.79. The first kappa shape index (κ1) is 14.4. The Bertz CT molecular complexity index is 372. The van der Waals surface area contributed by atoms with Crippen LogP contribution in [0.25, 0.3) is 0 Å². The molecule has 3 heteroatoms. The van der Waals surface area contributed by atoms with Gasteiger partial charge in [-0.2, -0.15) is 0 Å². The van der Waals surface area contributed by atoms with Gasteiger partial charge in [0.2, 0.25) is 0 Å². The highest BCUT2D eigenvalue weighted by atomic mass is 15.2. The Balaban J connectivity index is 2.04. The van der Waals surface area contributed by atoms with Crippen LogP contribution >= 0.6 is 0 Å². The molecule has 1 fully saturated rings. The van der Waals surface area contributed by atoms with E-state index in [9.17, 15) is 0 Å². The first-order valence-electron chi connectivity index (χ1n) is 7.41. The summed E-state index contributed by atoms with van der Waals surface area (Å²) in [5.41, 5.74) is 2.78. The van der Waals surface area contributed by atoms with Crippen molar-refractivity contribution < 1.29 is 0 Å². The molecule has 0 amide bonds. The van der Waals surface area contributed by atoms with E-state index in [0.29, 0.717) is 6.04 Å². The smallest absolute Gasteiger partial charge is 0.0371 e. The molecule has 0 spiro atoms. The highest BCUT2D eigenvalue weighted by molar-refractivity contribution is 5.48. The van der Waals surface area contributed by atoms with Gasteiger partial charge in [0, 0.05) is 31.4 Å². The second-order valence-corrected chi connectivity index (χ2v) is 5.73. The molecule has 0 radical (unpaired) electrons. The molecule has 1 saturated heterocycles. The molecule has 3 nitrogen and oxygen atoms in total. The number of likely N-dealkylation sites (N-methyl/N-ethyl adjacent to an activating group) is 1. The number of hydrogen-bond acceptors (Lipinski definition) is 3. The third-order valence-corrected chi connectivity index (χ3v) is 3.77. The van der Waals surface area contributed by atoms with Crippen molar-refractivity contribution in [1.29, 1.82) is 0 Å². The third-order valence-electron chi connectivity index (χ3n) is 3.77. The van der Waals surface area contributed by atoms with Crippen molar-refractivity contribution in [3.05, 3.63) is 29.8 Å². The zero-order valence-corrected chi connectivity index (χ0v) is 12.5. The highest BCUT2D eigenvalue weighted by Crippen LogP contribution is 2.17. The van der Waals surface area contributed by atoms with Crippen molar-refractivity contribution in [3.63, 3.8) is 0 Å². The zero-order valence-electron chi connectivity index (χ0n) is 12.5. The predicted octanol–water partition coefficient (Wildman–Crippen LogP) is 1.98. The van der Waals surface area contributed by atoms with Crippen molar-refractivity contribution in [3.8, 4) is 0 Å². The summed E-state index contributed by atoms with van der Waals surface area (Å²) < 4.78 is 0. The number of rotatable bonds is 4. The molecule has 1 aliphatic rings. The van der Waals surface area contributed by atoms with Gasteiger partial charge in [0.15, 0.2) is 0 Å². The second kappa shape index (κ2) is 6.92. The Morgan fingerprint density at radius 2 is 2.00 bits per heavy atom. The van der Waals surface area contributed by atoms with Crippen LogP contribution in [0.2, 0.25) is 0 Å². The minimum atomic E-state index is 0.559. The first-order chi connectivity index (χ1) is 9.19. The van der Waals surface area contributed by atoms with Crippen LogP contribution in [0.1, 0.15) is 18.9 Å². The minimum absolute atomic E-state index is 0.559. The number of aryl methyl sites for hydroxylation is 1. The van der Waals surface area contributed by atoms with E-state index in [1.54, 1.807) is 0 Å². The fraction of sp³-hybridized carbons (Fsp3) is 0.625. The quantitative estimate of drug-likeness (QED) is 0.894. The lowest BCUT2D eigenvalue weighted by Gasteiger charge is -2.28. The van der Waals surface area contributed by atoms with Gasteiger partial charge in [-0.25, -0.2) is 0 Å². The molecule has 1 N–H and O–H groups in total. The van der Waals surface area contributed by atoms with Crippen LogP contribution in [0.3, 0.4) is 0 Å². The van der Waals surface area contributed by atoms with Gasteiger partial charge in [0.05, 0.1) is 0 Å². The van der Waals surface area contributed by atoms with Gasteiger partial charge in [-0.3, -0.25) is 0 Å². The monoisotopic (exact) mass is 261 g/mol. The summed E-state index contributed by atoms with van der Waals surface area (Å²) in [6.45, 7) is 6.69. The number of nitrogens with one attached hydrogen (secondary N) is 1. The van der Waals surface area contributed by atoms with Gasteiger partial charge in [-0.05, 0) is 51.2 Å². The average molecular weight is 261 g/mol. The van der Waals surface area contributed by atoms with E-state index in [-0.39, 0.29) is 0 Å². The van der Waals surface area contributed by atoms with Gasteiger partial charge in [0.1, 0.15) is 0 Å². The summed E-state index contributed by atoms with van der Waals surface area (Å²) in [5, 5.41) is 3.65. The lowest BCUT2D eigenvalue weighted by molar-refractivity contribution is 0.346. The van der Waals surface area contributed by atoms with Gasteiger partial charge >= 0.3 is 0 Å². The molecule has 0 aliphatic carbocycles. The van der Waals surface area contributed by atoms with Crippen molar-refractivity contribution >= 4 is 5.69 Å². The normalized spacial score (nSPS) is 20.6. The fourth-order valence-electron chi connectivity index (χ4n) is 2.74. The van der Waals surface area contributed by atoms with Crippen LogP contribution in [-0.4, -0.2) is 51.2 Å². The topological polar surface area (TPSA) is 18.5 Å². The molecular formula is C16H27N3. The van der Waals surface area contributed by atoms with E-state index in [1.165, 1.54) is 17.7 Å². The number of nitrogens with zero attached hydrogens (tertiary/aromatic N) is 2. The van der Waals surface area contributed by atoms with Gasteiger partial charge in [-0.1, -0.05) is 19.1 Å². The van der Waals surface area contributed by atoms with E-state index >= 15 is 0 Å². The molecule has 1 unspecified atom stereocenters. The largest absolute Gasteiger partial charge is 0.370 e. The van der Waals surface area contributed by atoms with E-state index in [1.807, 2.05) is 0 Å². The Hall–Kier alpha value is -1.06. The van der Waals surface area contributed by atoms with Crippen molar-refractivity contribution in [2.45, 2.75) is 25.8 Å². The molecule has 1 aromatic rings. The van der Waals surface area contributed by atoms with E-state index < -0.39 is 0 Å². The maximum absolute atomic E-state index is 3.65. The van der Waals surface area contributed by atoms with Crippen LogP contribution < -0.4 is 10.2 Å². The summed E-state index contributed by atoms with van der Waals surface area (Å²) in [6, 6.07) is 9.63. The Labute approximate surface area is 117 Å². The highest BCUT2D eigenvalue weighted by Gasteiger charge is 2.18. The van der Waals surface area contributed by atoms with Gasteiger partial charge in [0.25, 0.3) is 0 Å². The maximum Gasteiger partial charge on any atom is 0.0371 e. The maximum atomic E-state index is 3.65. The van der Waals surface area contributed by atoms with Crippen LogP contribution in [0, 0.1) is 0 Å². The average Bonchev–Trinajstić information content (AvgIpc) is 2.64. The summed E-state index contributed by atoms with van der Waals surface area (Å²) >= 11 is 0. The van der Waals surface area contributed by atoms with Crippen LogP contribution in [0.4, 0.5) is 5.69 Å². The number of anilines is 1. The summed E-state index contributed by atoms with van der Waals surface area (Å²) in [5.74, 6) is 0.